The molecule has 0 aliphatic rings. The van der Waals surface area contributed by atoms with Crippen molar-refractivity contribution in [2.75, 3.05) is 0 Å². The average molecular weight is 796 g/mol. The van der Waals surface area contributed by atoms with Crippen LogP contribution in [0.4, 0.5) is 0 Å². The van der Waals surface area contributed by atoms with Gasteiger partial charge in [0.25, 0.3) is 0 Å². The van der Waals surface area contributed by atoms with Crippen LogP contribution in [0.1, 0.15) is 0 Å². The van der Waals surface area contributed by atoms with Gasteiger partial charge in [0.1, 0.15) is 28.0 Å². The van der Waals surface area contributed by atoms with Gasteiger partial charge in [-0.25, -0.2) is 24.9 Å². The Bertz CT molecular complexity index is 3620. The smallest absolute Gasteiger partial charge is 0.180 e. The molecule has 4 aromatic heterocycles. The van der Waals surface area contributed by atoms with Crippen molar-refractivity contribution in [1.82, 2.24) is 24.9 Å². The number of hydrogen-bond acceptors (Lipinski definition) is 7. The lowest BCUT2D eigenvalue weighted by molar-refractivity contribution is 0.667. The van der Waals surface area contributed by atoms with Crippen LogP contribution in [-0.4, -0.2) is 24.9 Å². The topological polar surface area (TPSA) is 90.7 Å². The second kappa shape index (κ2) is 14.6. The third-order valence-electron chi connectivity index (χ3n) is 11.4. The van der Waals surface area contributed by atoms with Crippen molar-refractivity contribution in [1.29, 1.82) is 0 Å². The maximum absolute atomic E-state index is 6.59. The molecule has 0 amide bonds. The minimum atomic E-state index is 0.575. The lowest BCUT2D eigenvalue weighted by Crippen LogP contribution is -2.00. The monoisotopic (exact) mass is 795 g/mol. The van der Waals surface area contributed by atoms with E-state index >= 15 is 0 Å². The summed E-state index contributed by atoms with van der Waals surface area (Å²) in [7, 11) is 0. The zero-order chi connectivity index (χ0) is 41.0. The van der Waals surface area contributed by atoms with Crippen molar-refractivity contribution in [3.05, 3.63) is 200 Å². The molecule has 0 radical (unpaired) electrons. The fraction of sp³-hybridized carbons (Fsp3) is 0. The van der Waals surface area contributed by atoms with E-state index in [1.807, 2.05) is 103 Å². The molecular weight excluding hydrogens is 763 g/mol. The first-order valence-electron chi connectivity index (χ1n) is 20.5. The summed E-state index contributed by atoms with van der Waals surface area (Å²) >= 11 is 0. The van der Waals surface area contributed by atoms with Gasteiger partial charge < -0.3 is 8.83 Å². The lowest BCUT2D eigenvalue weighted by atomic mass is 10.00. The largest absolute Gasteiger partial charge is 0.456 e. The predicted octanol–water partition coefficient (Wildman–Crippen LogP) is 14.1. The minimum absolute atomic E-state index is 0.575. The molecule has 0 N–H and O–H groups in total. The number of para-hydroxylation sites is 1. The predicted molar refractivity (Wildman–Crippen MR) is 248 cm³/mol. The van der Waals surface area contributed by atoms with E-state index < -0.39 is 0 Å². The quantitative estimate of drug-likeness (QED) is 0.159. The average Bonchev–Trinajstić information content (AvgIpc) is 3.93. The van der Waals surface area contributed by atoms with Gasteiger partial charge in [-0.2, -0.15) is 0 Å². The molecule has 0 saturated carbocycles. The Kier molecular flexibility index (Phi) is 8.35. The highest BCUT2D eigenvalue weighted by atomic mass is 16.3. The molecule has 0 saturated heterocycles. The highest BCUT2D eigenvalue weighted by molar-refractivity contribution is 6.12. The van der Waals surface area contributed by atoms with Gasteiger partial charge in [0.15, 0.2) is 28.9 Å². The van der Waals surface area contributed by atoms with Gasteiger partial charge in [0.05, 0.1) is 0 Å². The van der Waals surface area contributed by atoms with Crippen LogP contribution >= 0.6 is 0 Å². The highest BCUT2D eigenvalue weighted by Gasteiger charge is 2.20. The van der Waals surface area contributed by atoms with Crippen molar-refractivity contribution in [2.45, 2.75) is 0 Å². The molecule has 0 atom stereocenters. The van der Waals surface area contributed by atoms with Crippen LogP contribution in [0, 0.1) is 0 Å². The Balaban J connectivity index is 0.932. The maximum Gasteiger partial charge on any atom is 0.180 e. The van der Waals surface area contributed by atoms with Gasteiger partial charge in [0.2, 0.25) is 0 Å². The number of aromatic nitrogens is 5. The zero-order valence-electron chi connectivity index (χ0n) is 33.1. The summed E-state index contributed by atoms with van der Waals surface area (Å²) in [5.74, 6) is 2.41. The highest BCUT2D eigenvalue weighted by Crippen LogP contribution is 2.40. The molecule has 0 bridgehead atoms. The Morgan fingerprint density at radius 3 is 1.61 bits per heavy atom. The molecule has 7 nitrogen and oxygen atoms in total. The Morgan fingerprint density at radius 1 is 0.290 bits per heavy atom. The van der Waals surface area contributed by atoms with Crippen LogP contribution in [0.3, 0.4) is 0 Å². The molecule has 290 valence electrons. The van der Waals surface area contributed by atoms with E-state index in [9.17, 15) is 0 Å². The van der Waals surface area contributed by atoms with Crippen LogP contribution in [-0.2, 0) is 0 Å². The number of hydrogen-bond donors (Lipinski definition) is 0. The molecule has 8 aromatic carbocycles. The van der Waals surface area contributed by atoms with Crippen molar-refractivity contribution >= 4 is 44.0 Å². The normalized spacial score (nSPS) is 11.5. The van der Waals surface area contributed by atoms with E-state index in [0.717, 1.165) is 94.2 Å². The second-order valence-corrected chi connectivity index (χ2v) is 15.2. The Morgan fingerprint density at radius 2 is 0.823 bits per heavy atom. The molecule has 62 heavy (non-hydrogen) atoms. The molecule has 0 aliphatic carbocycles. The van der Waals surface area contributed by atoms with Crippen LogP contribution in [0.2, 0.25) is 0 Å². The van der Waals surface area contributed by atoms with Gasteiger partial charge in [0, 0.05) is 44.0 Å². The molecular formula is C55H33N5O2. The van der Waals surface area contributed by atoms with Crippen molar-refractivity contribution in [2.24, 2.45) is 0 Å². The van der Waals surface area contributed by atoms with Crippen LogP contribution in [0.5, 0.6) is 0 Å². The summed E-state index contributed by atoms with van der Waals surface area (Å²) in [6.45, 7) is 0. The fourth-order valence-electron chi connectivity index (χ4n) is 8.33. The number of fused-ring (bicyclic) bond motifs is 6. The van der Waals surface area contributed by atoms with Gasteiger partial charge in [-0.15, -0.1) is 0 Å². The summed E-state index contributed by atoms with van der Waals surface area (Å²) in [5.41, 5.74) is 13.4. The Hall–Kier alpha value is -8.55. The molecule has 0 unspecified atom stereocenters. The van der Waals surface area contributed by atoms with E-state index in [1.165, 1.54) is 0 Å². The van der Waals surface area contributed by atoms with E-state index in [0.29, 0.717) is 28.9 Å². The summed E-state index contributed by atoms with van der Waals surface area (Å²) in [4.78, 5) is 25.4. The van der Waals surface area contributed by atoms with E-state index in [2.05, 4.69) is 97.1 Å². The summed E-state index contributed by atoms with van der Waals surface area (Å²) < 4.78 is 12.9. The molecule has 4 heterocycles. The van der Waals surface area contributed by atoms with Crippen molar-refractivity contribution in [3.63, 3.8) is 0 Å². The fourth-order valence-corrected chi connectivity index (χ4v) is 8.33. The third-order valence-corrected chi connectivity index (χ3v) is 11.4. The molecule has 0 fully saturated rings. The molecule has 0 spiro atoms. The molecule has 0 aliphatic heterocycles. The van der Waals surface area contributed by atoms with Crippen LogP contribution in [0.25, 0.3) is 123 Å². The van der Waals surface area contributed by atoms with Gasteiger partial charge in [-0.05, 0) is 58.7 Å². The van der Waals surface area contributed by atoms with Crippen LogP contribution in [0.15, 0.2) is 209 Å². The first-order chi connectivity index (χ1) is 30.7. The number of furan rings is 2. The van der Waals surface area contributed by atoms with Crippen molar-refractivity contribution in [3.8, 4) is 79.1 Å². The SMILES string of the molecule is c1ccc(-c2cccc(-c3nc(-c4ccccc4)nc(-c4cccc5oc6cc(-c7ccc(-c8nc(-c9ccccc9)c9oc%10ccccc%10c9n8)cc7)ccc6c45)n3)c2)cc1. The first-order valence-corrected chi connectivity index (χ1v) is 20.5. The number of benzene rings is 8. The number of rotatable bonds is 7. The zero-order valence-corrected chi connectivity index (χ0v) is 33.1. The van der Waals surface area contributed by atoms with E-state index in [1.54, 1.807) is 0 Å². The lowest BCUT2D eigenvalue weighted by Gasteiger charge is -2.10. The van der Waals surface area contributed by atoms with Gasteiger partial charge in [-0.3, -0.25) is 0 Å². The molecule has 12 aromatic rings. The summed E-state index contributed by atoms with van der Waals surface area (Å²) in [6, 6.07) is 67.7. The number of nitrogens with zero attached hydrogens (tertiary/aromatic N) is 5. The summed E-state index contributed by atoms with van der Waals surface area (Å²) in [6.07, 6.45) is 0. The first kappa shape index (κ1) is 35.4. The minimum Gasteiger partial charge on any atom is -0.456 e. The van der Waals surface area contributed by atoms with Crippen LogP contribution < -0.4 is 0 Å². The van der Waals surface area contributed by atoms with Gasteiger partial charge >= 0.3 is 0 Å². The maximum atomic E-state index is 6.59. The molecule has 12 rings (SSSR count). The van der Waals surface area contributed by atoms with Gasteiger partial charge in [-0.1, -0.05) is 164 Å². The standard InChI is InChI=1S/C55H33N5O2/c1-4-14-34(15-5-1)39-20-12-21-41(32-39)54-58-53(37-18-8-3-9-19-37)59-55(60-54)44-23-13-25-46-48(44)42-31-30-40(33-47(42)61-46)35-26-28-38(29-27-35)52-56-49(36-16-6-2-7-17-36)51-50(57-52)43-22-10-11-24-45(43)62-51/h1-33H. The third kappa shape index (κ3) is 6.19. The summed E-state index contributed by atoms with van der Waals surface area (Å²) in [5, 5.41) is 2.89. The Labute approximate surface area is 355 Å². The van der Waals surface area contributed by atoms with E-state index in [4.69, 9.17) is 33.8 Å². The van der Waals surface area contributed by atoms with E-state index in [-0.39, 0.29) is 0 Å². The second-order valence-electron chi connectivity index (χ2n) is 15.2. The van der Waals surface area contributed by atoms with Crippen molar-refractivity contribution < 1.29 is 8.83 Å². The molecule has 7 heteroatoms.